The normalized spacial score (nSPS) is 8.23. The molecule has 0 unspecified atom stereocenters. The van der Waals surface area contributed by atoms with Crippen LogP contribution < -0.4 is 5.32 Å². The molecule has 72 valence electrons. The summed E-state index contributed by atoms with van der Waals surface area (Å²) >= 11 is 3.95. The van der Waals surface area contributed by atoms with Crippen LogP contribution in [0.25, 0.3) is 0 Å². The molecule has 0 aliphatic heterocycles. The molecule has 13 heavy (non-hydrogen) atoms. The SMILES string of the molecule is CNC(C)=O.Oc1ccccc1S. The van der Waals surface area contributed by atoms with Crippen LogP contribution in [0.15, 0.2) is 29.2 Å². The second-order valence-corrected chi connectivity index (χ2v) is 2.78. The molecule has 0 aromatic heterocycles. The third-order valence-corrected chi connectivity index (χ3v) is 1.61. The van der Waals surface area contributed by atoms with Gasteiger partial charge >= 0.3 is 0 Å². The van der Waals surface area contributed by atoms with Crippen LogP contribution in [0.2, 0.25) is 0 Å². The van der Waals surface area contributed by atoms with Crippen molar-refractivity contribution in [1.29, 1.82) is 0 Å². The topological polar surface area (TPSA) is 49.3 Å². The molecule has 0 spiro atoms. The largest absolute Gasteiger partial charge is 0.507 e. The van der Waals surface area contributed by atoms with Crippen molar-refractivity contribution in [2.24, 2.45) is 0 Å². The van der Waals surface area contributed by atoms with Crippen molar-refractivity contribution < 1.29 is 9.90 Å². The number of carbonyl (C=O) groups is 1. The van der Waals surface area contributed by atoms with E-state index in [-0.39, 0.29) is 11.7 Å². The van der Waals surface area contributed by atoms with Gasteiger partial charge < -0.3 is 10.4 Å². The molecule has 0 radical (unpaired) electrons. The van der Waals surface area contributed by atoms with Gasteiger partial charge in [-0.2, -0.15) is 0 Å². The molecular weight excluding hydrogens is 186 g/mol. The van der Waals surface area contributed by atoms with Gasteiger partial charge in [0, 0.05) is 18.9 Å². The van der Waals surface area contributed by atoms with Crippen LogP contribution in [0.1, 0.15) is 6.92 Å². The zero-order chi connectivity index (χ0) is 10.3. The van der Waals surface area contributed by atoms with Gasteiger partial charge in [0.05, 0.1) is 0 Å². The minimum absolute atomic E-state index is 0.00463. The van der Waals surface area contributed by atoms with Crippen molar-refractivity contribution >= 4 is 18.5 Å². The van der Waals surface area contributed by atoms with Gasteiger partial charge in [-0.15, -0.1) is 12.6 Å². The first-order chi connectivity index (χ1) is 6.07. The molecule has 1 amide bonds. The van der Waals surface area contributed by atoms with Crippen LogP contribution in [0.4, 0.5) is 0 Å². The highest BCUT2D eigenvalue weighted by molar-refractivity contribution is 7.80. The Bertz CT molecular complexity index is 255. The van der Waals surface area contributed by atoms with E-state index < -0.39 is 0 Å². The van der Waals surface area contributed by atoms with Gasteiger partial charge in [0.1, 0.15) is 5.75 Å². The van der Waals surface area contributed by atoms with E-state index >= 15 is 0 Å². The highest BCUT2D eigenvalue weighted by Crippen LogP contribution is 2.18. The number of hydrogen-bond donors (Lipinski definition) is 3. The van der Waals surface area contributed by atoms with Gasteiger partial charge in [-0.3, -0.25) is 4.79 Å². The van der Waals surface area contributed by atoms with E-state index in [4.69, 9.17) is 5.11 Å². The van der Waals surface area contributed by atoms with E-state index in [2.05, 4.69) is 17.9 Å². The molecule has 0 bridgehead atoms. The second-order valence-electron chi connectivity index (χ2n) is 2.29. The van der Waals surface area contributed by atoms with Gasteiger partial charge in [-0.25, -0.2) is 0 Å². The summed E-state index contributed by atoms with van der Waals surface area (Å²) in [7, 11) is 1.60. The van der Waals surface area contributed by atoms with Crippen LogP contribution >= 0.6 is 12.6 Å². The predicted octanol–water partition coefficient (Wildman–Crippen LogP) is 1.43. The van der Waals surface area contributed by atoms with Gasteiger partial charge in [0.25, 0.3) is 0 Å². The smallest absolute Gasteiger partial charge is 0.216 e. The van der Waals surface area contributed by atoms with E-state index in [9.17, 15) is 4.79 Å². The summed E-state index contributed by atoms with van der Waals surface area (Å²) in [6.45, 7) is 1.47. The minimum Gasteiger partial charge on any atom is -0.507 e. The highest BCUT2D eigenvalue weighted by atomic mass is 32.1. The third kappa shape index (κ3) is 6.04. The van der Waals surface area contributed by atoms with Crippen LogP contribution in [0, 0.1) is 0 Å². The number of carbonyl (C=O) groups excluding carboxylic acids is 1. The van der Waals surface area contributed by atoms with Crippen molar-refractivity contribution in [3.05, 3.63) is 24.3 Å². The number of nitrogens with one attached hydrogen (secondary N) is 1. The average Bonchev–Trinajstić information content (AvgIpc) is 2.11. The molecule has 1 rings (SSSR count). The Morgan fingerprint density at radius 2 is 1.92 bits per heavy atom. The van der Waals surface area contributed by atoms with Crippen molar-refractivity contribution in [2.75, 3.05) is 7.05 Å². The highest BCUT2D eigenvalue weighted by Gasteiger charge is 1.88. The van der Waals surface area contributed by atoms with Gasteiger partial charge in [-0.05, 0) is 12.1 Å². The lowest BCUT2D eigenvalue weighted by Crippen LogP contribution is -2.11. The van der Waals surface area contributed by atoms with Crippen LogP contribution in [-0.2, 0) is 4.79 Å². The molecule has 3 nitrogen and oxygen atoms in total. The summed E-state index contributed by atoms with van der Waals surface area (Å²) in [5, 5.41) is 11.2. The fourth-order valence-electron chi connectivity index (χ4n) is 0.464. The van der Waals surface area contributed by atoms with Gasteiger partial charge in [0.15, 0.2) is 0 Å². The standard InChI is InChI=1S/C6H6OS.C3H7NO/c7-5-3-1-2-4-6(5)8;1-3(5)4-2/h1-4,7-8H;1-2H3,(H,4,5). The Morgan fingerprint density at radius 3 is 2.15 bits per heavy atom. The zero-order valence-electron chi connectivity index (χ0n) is 7.61. The Morgan fingerprint density at radius 1 is 1.46 bits per heavy atom. The summed E-state index contributed by atoms with van der Waals surface area (Å²) < 4.78 is 0. The summed E-state index contributed by atoms with van der Waals surface area (Å²) in [4.78, 5) is 10.3. The fourth-order valence-corrected chi connectivity index (χ4v) is 0.625. The summed E-state index contributed by atoms with van der Waals surface area (Å²) in [6.07, 6.45) is 0. The van der Waals surface area contributed by atoms with E-state index in [1.807, 2.05) is 6.07 Å². The number of phenolic OH excluding ortho intramolecular Hbond substituents is 1. The minimum atomic E-state index is 0.00463. The molecule has 1 aromatic rings. The molecule has 2 N–H and O–H groups in total. The Kier molecular flexibility index (Phi) is 5.80. The molecule has 0 aliphatic carbocycles. The van der Waals surface area contributed by atoms with Crippen molar-refractivity contribution in [3.63, 3.8) is 0 Å². The Labute approximate surface area is 83.2 Å². The number of phenols is 1. The maximum absolute atomic E-state index is 9.70. The lowest BCUT2D eigenvalue weighted by molar-refractivity contribution is -0.118. The molecule has 4 heteroatoms. The first-order valence-corrected chi connectivity index (χ1v) is 4.18. The predicted molar refractivity (Wildman–Crippen MR) is 55.1 cm³/mol. The Hall–Kier alpha value is -1.16. The van der Waals surface area contributed by atoms with E-state index in [0.717, 1.165) is 0 Å². The van der Waals surface area contributed by atoms with Gasteiger partial charge in [0.2, 0.25) is 5.91 Å². The maximum Gasteiger partial charge on any atom is 0.216 e. The van der Waals surface area contributed by atoms with E-state index in [0.29, 0.717) is 4.90 Å². The number of hydrogen-bond acceptors (Lipinski definition) is 3. The van der Waals surface area contributed by atoms with E-state index in [1.165, 1.54) is 6.92 Å². The number of amides is 1. The van der Waals surface area contributed by atoms with Crippen molar-refractivity contribution in [1.82, 2.24) is 5.32 Å². The molecule has 0 saturated heterocycles. The number of rotatable bonds is 0. The molecule has 0 heterocycles. The fraction of sp³-hybridized carbons (Fsp3) is 0.222. The van der Waals surface area contributed by atoms with Gasteiger partial charge in [-0.1, -0.05) is 12.1 Å². The molecule has 0 atom stereocenters. The van der Waals surface area contributed by atoms with Crippen LogP contribution in [0.5, 0.6) is 5.75 Å². The molecule has 1 aromatic carbocycles. The molecular formula is C9H13NO2S. The first kappa shape index (κ1) is 11.8. The second kappa shape index (κ2) is 6.37. The molecule has 0 fully saturated rings. The number of benzene rings is 1. The van der Waals surface area contributed by atoms with Crippen molar-refractivity contribution in [3.8, 4) is 5.75 Å². The van der Waals surface area contributed by atoms with Crippen molar-refractivity contribution in [2.45, 2.75) is 11.8 Å². The summed E-state index contributed by atoms with van der Waals surface area (Å²) in [5.74, 6) is 0.237. The number of thiol groups is 1. The quantitative estimate of drug-likeness (QED) is 0.554. The monoisotopic (exact) mass is 199 g/mol. The lowest BCUT2D eigenvalue weighted by Gasteiger charge is -1.91. The van der Waals surface area contributed by atoms with E-state index in [1.54, 1.807) is 25.2 Å². The summed E-state index contributed by atoms with van der Waals surface area (Å²) in [5.41, 5.74) is 0. The zero-order valence-corrected chi connectivity index (χ0v) is 8.51. The summed E-state index contributed by atoms with van der Waals surface area (Å²) in [6, 6.07) is 6.91. The first-order valence-electron chi connectivity index (χ1n) is 3.73. The lowest BCUT2D eigenvalue weighted by atomic mass is 10.3. The average molecular weight is 199 g/mol. The maximum atomic E-state index is 9.70. The number of aromatic hydroxyl groups is 1. The molecule has 0 aliphatic rings. The Balaban J connectivity index is 0.000000252. The number of para-hydroxylation sites is 1. The van der Waals surface area contributed by atoms with Crippen LogP contribution in [0.3, 0.4) is 0 Å². The van der Waals surface area contributed by atoms with Crippen LogP contribution in [-0.4, -0.2) is 18.1 Å². The molecule has 0 saturated carbocycles. The third-order valence-electron chi connectivity index (χ3n) is 1.23.